The van der Waals surface area contributed by atoms with Gasteiger partial charge in [-0.25, -0.2) is 15.0 Å². The van der Waals surface area contributed by atoms with Gasteiger partial charge in [-0.2, -0.15) is 0 Å². The lowest BCUT2D eigenvalue weighted by Crippen LogP contribution is -2.28. The lowest BCUT2D eigenvalue weighted by molar-refractivity contribution is 0.360. The molecule has 0 N–H and O–H groups in total. The second-order valence-corrected chi connectivity index (χ2v) is 14.3. The van der Waals surface area contributed by atoms with Crippen LogP contribution < -0.4 is 9.47 Å². The molecular weight excluding hydrogens is 699 g/mol. The maximum atomic E-state index is 6.89. The van der Waals surface area contributed by atoms with E-state index in [-0.39, 0.29) is 0 Å². The second kappa shape index (κ2) is 13.3. The molecule has 5 heteroatoms. The Morgan fingerprint density at radius 1 is 0.333 bits per heavy atom. The summed E-state index contributed by atoms with van der Waals surface area (Å²) in [6, 6.07) is 69.1. The maximum Gasteiger partial charge on any atom is 0.178 e. The summed E-state index contributed by atoms with van der Waals surface area (Å²) < 4.78 is 13.6. The predicted octanol–water partition coefficient (Wildman–Crippen LogP) is 12.8. The highest BCUT2D eigenvalue weighted by Gasteiger charge is 2.48. The normalized spacial score (nSPS) is 13.0. The fraction of sp³-hybridized carbons (Fsp3) is 0.0192. The first kappa shape index (κ1) is 32.8. The summed E-state index contributed by atoms with van der Waals surface area (Å²) in [5, 5.41) is 0. The fourth-order valence-corrected chi connectivity index (χ4v) is 8.50. The third kappa shape index (κ3) is 5.35. The molecule has 9 aromatic rings. The Kier molecular flexibility index (Phi) is 7.64. The van der Waals surface area contributed by atoms with Crippen LogP contribution in [0.25, 0.3) is 56.4 Å². The monoisotopic (exact) mass is 731 g/mol. The van der Waals surface area contributed by atoms with E-state index in [1.54, 1.807) is 0 Å². The van der Waals surface area contributed by atoms with Gasteiger partial charge in [0, 0.05) is 22.3 Å². The first-order valence-corrected chi connectivity index (χ1v) is 19.1. The van der Waals surface area contributed by atoms with Crippen molar-refractivity contribution < 1.29 is 9.47 Å². The highest BCUT2D eigenvalue weighted by atomic mass is 16.6. The van der Waals surface area contributed by atoms with E-state index in [2.05, 4.69) is 127 Å². The zero-order chi connectivity index (χ0) is 37.8. The molecule has 0 fully saturated rings. The molecule has 57 heavy (non-hydrogen) atoms. The highest BCUT2D eigenvalue weighted by Crippen LogP contribution is 2.62. The highest BCUT2D eigenvalue weighted by molar-refractivity contribution is 5.92. The minimum absolute atomic E-state index is 0.536. The number of benzene rings is 8. The standard InChI is InChI=1S/C52H33N3O2/c1-5-15-34(16-6-1)35-25-27-37(28-26-35)50-53-49(36-17-7-2-8-18-36)54-51(55-50)38-29-31-44-46(33-38)56-45-32-30-43-47(48(45)57-44)41-23-13-14-24-42(41)52(43,39-19-9-3-10-20-39)40-21-11-4-12-22-40/h1-33H. The summed E-state index contributed by atoms with van der Waals surface area (Å²) in [5.41, 5.74) is 11.3. The van der Waals surface area contributed by atoms with Gasteiger partial charge in [-0.05, 0) is 63.2 Å². The van der Waals surface area contributed by atoms with Gasteiger partial charge in [0.2, 0.25) is 0 Å². The van der Waals surface area contributed by atoms with E-state index >= 15 is 0 Å². The third-order valence-corrected chi connectivity index (χ3v) is 11.1. The minimum atomic E-state index is -0.536. The lowest BCUT2D eigenvalue weighted by Gasteiger charge is -2.34. The number of hydrogen-bond donors (Lipinski definition) is 0. The van der Waals surface area contributed by atoms with Gasteiger partial charge in [0.15, 0.2) is 40.5 Å². The van der Waals surface area contributed by atoms with E-state index in [9.17, 15) is 0 Å². The molecule has 0 saturated carbocycles. The van der Waals surface area contributed by atoms with Crippen molar-refractivity contribution in [2.24, 2.45) is 0 Å². The van der Waals surface area contributed by atoms with Crippen LogP contribution in [0.2, 0.25) is 0 Å². The Hall–Kier alpha value is -7.63. The largest absolute Gasteiger partial charge is 0.449 e. The molecule has 1 aliphatic carbocycles. The number of nitrogens with zero attached hydrogens (tertiary/aromatic N) is 3. The van der Waals surface area contributed by atoms with Crippen molar-refractivity contribution in [3.8, 4) is 79.4 Å². The van der Waals surface area contributed by atoms with Crippen molar-refractivity contribution in [2.75, 3.05) is 0 Å². The summed E-state index contributed by atoms with van der Waals surface area (Å²) in [5.74, 6) is 4.32. The molecule has 0 radical (unpaired) electrons. The minimum Gasteiger partial charge on any atom is -0.449 e. The van der Waals surface area contributed by atoms with Gasteiger partial charge in [0.1, 0.15) is 0 Å². The van der Waals surface area contributed by atoms with Gasteiger partial charge in [0.05, 0.1) is 5.41 Å². The van der Waals surface area contributed by atoms with Crippen LogP contribution in [0.3, 0.4) is 0 Å². The van der Waals surface area contributed by atoms with Gasteiger partial charge in [-0.15, -0.1) is 0 Å². The molecule has 0 atom stereocenters. The zero-order valence-corrected chi connectivity index (χ0v) is 30.7. The molecule has 268 valence electrons. The van der Waals surface area contributed by atoms with Gasteiger partial charge >= 0.3 is 0 Å². The molecule has 0 unspecified atom stereocenters. The molecule has 0 saturated heterocycles. The average molecular weight is 732 g/mol. The molecular formula is C52H33N3O2. The maximum absolute atomic E-state index is 6.89. The number of fused-ring (bicyclic) bond motifs is 6. The van der Waals surface area contributed by atoms with Crippen LogP contribution in [0.4, 0.5) is 0 Å². The van der Waals surface area contributed by atoms with Crippen molar-refractivity contribution in [3.63, 3.8) is 0 Å². The van der Waals surface area contributed by atoms with E-state index in [1.807, 2.05) is 72.8 Å². The van der Waals surface area contributed by atoms with Crippen molar-refractivity contribution in [3.05, 3.63) is 222 Å². The average Bonchev–Trinajstić information content (AvgIpc) is 3.61. The summed E-state index contributed by atoms with van der Waals surface area (Å²) in [7, 11) is 0. The Morgan fingerprint density at radius 2 is 0.807 bits per heavy atom. The Labute approximate surface area is 330 Å². The number of hydrogen-bond acceptors (Lipinski definition) is 5. The lowest BCUT2D eigenvalue weighted by atomic mass is 9.68. The Balaban J connectivity index is 1.01. The van der Waals surface area contributed by atoms with Gasteiger partial charge < -0.3 is 9.47 Å². The fourth-order valence-electron chi connectivity index (χ4n) is 8.50. The summed E-state index contributed by atoms with van der Waals surface area (Å²) in [6.45, 7) is 0. The first-order valence-electron chi connectivity index (χ1n) is 19.1. The van der Waals surface area contributed by atoms with E-state index in [1.165, 1.54) is 16.7 Å². The van der Waals surface area contributed by atoms with Crippen LogP contribution in [0.15, 0.2) is 200 Å². The number of ether oxygens (including phenoxy) is 2. The summed E-state index contributed by atoms with van der Waals surface area (Å²) in [4.78, 5) is 15.0. The van der Waals surface area contributed by atoms with E-state index in [0.717, 1.165) is 44.5 Å². The predicted molar refractivity (Wildman–Crippen MR) is 225 cm³/mol. The number of rotatable bonds is 6. The van der Waals surface area contributed by atoms with Crippen molar-refractivity contribution >= 4 is 0 Å². The van der Waals surface area contributed by atoms with E-state index in [0.29, 0.717) is 40.5 Å². The summed E-state index contributed by atoms with van der Waals surface area (Å²) in [6.07, 6.45) is 0. The van der Waals surface area contributed by atoms with Crippen molar-refractivity contribution in [1.29, 1.82) is 0 Å². The molecule has 1 aromatic heterocycles. The molecule has 1 aliphatic heterocycles. The Bertz CT molecular complexity index is 2890. The van der Waals surface area contributed by atoms with Gasteiger partial charge in [-0.1, -0.05) is 176 Å². The molecule has 11 rings (SSSR count). The molecule has 2 aliphatic rings. The van der Waals surface area contributed by atoms with Crippen LogP contribution >= 0.6 is 0 Å². The van der Waals surface area contributed by atoms with Crippen LogP contribution in [0, 0.1) is 0 Å². The molecule has 0 bridgehead atoms. The smallest absolute Gasteiger partial charge is 0.178 e. The molecule has 8 aromatic carbocycles. The molecule has 0 spiro atoms. The van der Waals surface area contributed by atoms with Crippen LogP contribution in [0.5, 0.6) is 23.0 Å². The quantitative estimate of drug-likeness (QED) is 0.170. The second-order valence-electron chi connectivity index (χ2n) is 14.3. The summed E-state index contributed by atoms with van der Waals surface area (Å²) >= 11 is 0. The molecule has 5 nitrogen and oxygen atoms in total. The number of aromatic nitrogens is 3. The molecule has 2 heterocycles. The first-order chi connectivity index (χ1) is 28.2. The van der Waals surface area contributed by atoms with E-state index < -0.39 is 5.41 Å². The zero-order valence-electron chi connectivity index (χ0n) is 30.7. The van der Waals surface area contributed by atoms with Crippen LogP contribution in [-0.4, -0.2) is 15.0 Å². The van der Waals surface area contributed by atoms with Gasteiger partial charge in [0.25, 0.3) is 0 Å². The Morgan fingerprint density at radius 3 is 1.46 bits per heavy atom. The van der Waals surface area contributed by atoms with Crippen molar-refractivity contribution in [2.45, 2.75) is 5.41 Å². The van der Waals surface area contributed by atoms with E-state index in [4.69, 9.17) is 24.4 Å². The SMILES string of the molecule is c1ccc(-c2ccc(-c3nc(-c4ccccc4)nc(-c4ccc5c(c4)Oc4ccc6c(c4O5)-c4ccccc4C6(c4ccccc4)c4ccccc4)n3)cc2)cc1. The third-order valence-electron chi connectivity index (χ3n) is 11.1. The van der Waals surface area contributed by atoms with Gasteiger partial charge in [-0.3, -0.25) is 0 Å². The van der Waals surface area contributed by atoms with Crippen molar-refractivity contribution in [1.82, 2.24) is 15.0 Å². The topological polar surface area (TPSA) is 57.1 Å². The molecule has 0 amide bonds. The van der Waals surface area contributed by atoms with Crippen LogP contribution in [-0.2, 0) is 5.41 Å². The van der Waals surface area contributed by atoms with Crippen LogP contribution in [0.1, 0.15) is 22.3 Å².